The molecule has 1 saturated heterocycles. The van der Waals surface area contributed by atoms with Gasteiger partial charge in [-0.3, -0.25) is 4.79 Å². The second-order valence-electron chi connectivity index (χ2n) is 4.60. The Morgan fingerprint density at radius 3 is 2.40 bits per heavy atom. The topological polar surface area (TPSA) is 60.4 Å². The van der Waals surface area contributed by atoms with Gasteiger partial charge in [0.1, 0.15) is 5.60 Å². The average molecular weight is 234 g/mol. The maximum atomic E-state index is 11.4. The molecule has 0 aliphatic carbocycles. The second kappa shape index (κ2) is 4.12. The van der Waals surface area contributed by atoms with Crippen LogP contribution in [0.3, 0.4) is 0 Å². The van der Waals surface area contributed by atoms with Gasteiger partial charge >= 0.3 is 5.97 Å². The minimum Gasteiger partial charge on any atom is -0.459 e. The van der Waals surface area contributed by atoms with Crippen molar-refractivity contribution in [1.29, 1.82) is 0 Å². The SMILES string of the molecule is CCCCC(C)(C)OC(=O)C1CS1(=O)=O. The van der Waals surface area contributed by atoms with Gasteiger partial charge in [0.15, 0.2) is 15.1 Å². The molecule has 1 rings (SSSR count). The van der Waals surface area contributed by atoms with Crippen molar-refractivity contribution in [3.05, 3.63) is 0 Å². The van der Waals surface area contributed by atoms with Crippen LogP contribution in [-0.2, 0) is 19.4 Å². The summed E-state index contributed by atoms with van der Waals surface area (Å²) in [5.74, 6) is -0.633. The van der Waals surface area contributed by atoms with Crippen molar-refractivity contribution in [2.24, 2.45) is 0 Å². The maximum Gasteiger partial charge on any atom is 0.325 e. The third-order valence-corrected chi connectivity index (χ3v) is 4.07. The fourth-order valence-corrected chi connectivity index (χ4v) is 2.53. The van der Waals surface area contributed by atoms with Gasteiger partial charge in [0.2, 0.25) is 0 Å². The van der Waals surface area contributed by atoms with E-state index >= 15 is 0 Å². The third kappa shape index (κ3) is 3.48. The molecule has 0 aromatic carbocycles. The summed E-state index contributed by atoms with van der Waals surface area (Å²) in [4.78, 5) is 11.4. The number of hydrogen-bond acceptors (Lipinski definition) is 4. The first-order valence-corrected chi connectivity index (χ1v) is 6.94. The summed E-state index contributed by atoms with van der Waals surface area (Å²) < 4.78 is 27.0. The molecule has 4 nitrogen and oxygen atoms in total. The minimum absolute atomic E-state index is 0.0459. The molecule has 0 bridgehead atoms. The van der Waals surface area contributed by atoms with Crippen LogP contribution in [-0.4, -0.2) is 31.0 Å². The van der Waals surface area contributed by atoms with E-state index in [1.54, 1.807) is 0 Å². The largest absolute Gasteiger partial charge is 0.459 e. The highest BCUT2D eigenvalue weighted by atomic mass is 32.2. The predicted octanol–water partition coefficient (Wildman–Crippen LogP) is 1.30. The van der Waals surface area contributed by atoms with Gasteiger partial charge in [0.05, 0.1) is 5.75 Å². The Bertz CT molecular complexity index is 342. The molecular formula is C10H18O4S. The zero-order valence-electron chi connectivity index (χ0n) is 9.45. The summed E-state index contributed by atoms with van der Waals surface area (Å²) in [6, 6.07) is 0. The average Bonchev–Trinajstić information content (AvgIpc) is 2.71. The lowest BCUT2D eigenvalue weighted by Crippen LogP contribution is -2.30. The van der Waals surface area contributed by atoms with Gasteiger partial charge in [-0.1, -0.05) is 13.3 Å². The van der Waals surface area contributed by atoms with E-state index < -0.39 is 26.7 Å². The van der Waals surface area contributed by atoms with E-state index in [-0.39, 0.29) is 5.75 Å². The fourth-order valence-electron chi connectivity index (χ4n) is 1.38. The highest BCUT2D eigenvalue weighted by molar-refractivity contribution is 8.00. The molecule has 1 unspecified atom stereocenters. The number of carbonyl (C=O) groups is 1. The van der Waals surface area contributed by atoms with Crippen molar-refractivity contribution in [2.45, 2.75) is 50.9 Å². The zero-order valence-corrected chi connectivity index (χ0v) is 10.3. The van der Waals surface area contributed by atoms with Crippen LogP contribution in [0.1, 0.15) is 40.0 Å². The first-order valence-electron chi connectivity index (χ1n) is 5.23. The van der Waals surface area contributed by atoms with Gasteiger partial charge in [-0.05, 0) is 26.7 Å². The van der Waals surface area contributed by atoms with Gasteiger partial charge in [0.25, 0.3) is 0 Å². The van der Waals surface area contributed by atoms with E-state index in [1.165, 1.54) is 0 Å². The van der Waals surface area contributed by atoms with Crippen molar-refractivity contribution < 1.29 is 17.9 Å². The standard InChI is InChI=1S/C10H18O4S/c1-4-5-6-10(2,3)14-9(11)8-7-15(8,12)13/h8H,4-7H2,1-3H3. The van der Waals surface area contributed by atoms with Crippen LogP contribution in [0.2, 0.25) is 0 Å². The summed E-state index contributed by atoms with van der Waals surface area (Å²) in [6.45, 7) is 5.69. The second-order valence-corrected chi connectivity index (χ2v) is 6.83. The maximum absolute atomic E-state index is 11.4. The smallest absolute Gasteiger partial charge is 0.325 e. The van der Waals surface area contributed by atoms with Crippen LogP contribution in [0, 0.1) is 0 Å². The molecule has 1 fully saturated rings. The van der Waals surface area contributed by atoms with Crippen LogP contribution in [0.25, 0.3) is 0 Å². The molecule has 0 amide bonds. The van der Waals surface area contributed by atoms with Crippen molar-refractivity contribution in [3.63, 3.8) is 0 Å². The summed E-state index contributed by atoms with van der Waals surface area (Å²) in [5.41, 5.74) is -0.550. The Balaban J connectivity index is 2.44. The molecular weight excluding hydrogens is 216 g/mol. The van der Waals surface area contributed by atoms with E-state index in [4.69, 9.17) is 4.74 Å². The lowest BCUT2D eigenvalue weighted by atomic mass is 10.0. The molecule has 1 atom stereocenters. The number of esters is 1. The number of carbonyl (C=O) groups excluding carboxylic acids is 1. The van der Waals surface area contributed by atoms with Crippen LogP contribution < -0.4 is 0 Å². The number of rotatable bonds is 5. The Morgan fingerprint density at radius 2 is 2.00 bits per heavy atom. The molecule has 0 saturated carbocycles. The molecule has 1 aliphatic heterocycles. The van der Waals surface area contributed by atoms with Crippen LogP contribution in [0.15, 0.2) is 0 Å². The van der Waals surface area contributed by atoms with E-state index in [2.05, 4.69) is 6.92 Å². The molecule has 0 spiro atoms. The number of sulfone groups is 1. The molecule has 1 aliphatic rings. The van der Waals surface area contributed by atoms with E-state index in [1.807, 2.05) is 13.8 Å². The lowest BCUT2D eigenvalue weighted by molar-refractivity contribution is -0.155. The minimum atomic E-state index is -3.12. The van der Waals surface area contributed by atoms with Gasteiger partial charge in [-0.2, -0.15) is 0 Å². The molecule has 88 valence electrons. The Hall–Kier alpha value is -0.580. The Labute approximate surface area is 90.9 Å². The van der Waals surface area contributed by atoms with Crippen molar-refractivity contribution in [2.75, 3.05) is 5.75 Å². The number of hydrogen-bond donors (Lipinski definition) is 0. The zero-order chi connectivity index (χ0) is 11.7. The fraction of sp³-hybridized carbons (Fsp3) is 0.900. The van der Waals surface area contributed by atoms with Gasteiger partial charge in [-0.25, -0.2) is 8.42 Å². The monoisotopic (exact) mass is 234 g/mol. The quantitative estimate of drug-likeness (QED) is 0.531. The van der Waals surface area contributed by atoms with E-state index in [0.717, 1.165) is 19.3 Å². The van der Waals surface area contributed by atoms with E-state index in [9.17, 15) is 13.2 Å². The number of ether oxygens (including phenoxy) is 1. The van der Waals surface area contributed by atoms with Gasteiger partial charge in [-0.15, -0.1) is 0 Å². The summed E-state index contributed by atoms with van der Waals surface area (Å²) in [7, 11) is -3.12. The lowest BCUT2D eigenvalue weighted by Gasteiger charge is -2.24. The van der Waals surface area contributed by atoms with Gasteiger partial charge < -0.3 is 4.74 Å². The van der Waals surface area contributed by atoms with Gasteiger partial charge in [0, 0.05) is 0 Å². The van der Waals surface area contributed by atoms with Crippen LogP contribution in [0.4, 0.5) is 0 Å². The molecule has 0 radical (unpaired) electrons. The predicted molar refractivity (Wildman–Crippen MR) is 57.3 cm³/mol. The molecule has 0 N–H and O–H groups in total. The summed E-state index contributed by atoms with van der Waals surface area (Å²) in [5, 5.41) is -0.890. The Morgan fingerprint density at radius 1 is 1.47 bits per heavy atom. The van der Waals surface area contributed by atoms with Crippen molar-refractivity contribution >= 4 is 15.8 Å². The van der Waals surface area contributed by atoms with E-state index in [0.29, 0.717) is 0 Å². The molecule has 15 heavy (non-hydrogen) atoms. The third-order valence-electron chi connectivity index (χ3n) is 2.47. The van der Waals surface area contributed by atoms with Crippen LogP contribution >= 0.6 is 0 Å². The van der Waals surface area contributed by atoms with Crippen LogP contribution in [0.5, 0.6) is 0 Å². The molecule has 1 heterocycles. The first-order chi connectivity index (χ1) is 6.78. The summed E-state index contributed by atoms with van der Waals surface area (Å²) >= 11 is 0. The summed E-state index contributed by atoms with van der Waals surface area (Å²) in [6.07, 6.45) is 2.77. The van der Waals surface area contributed by atoms with Crippen molar-refractivity contribution in [3.8, 4) is 0 Å². The highest BCUT2D eigenvalue weighted by Gasteiger charge is 2.51. The normalized spacial score (nSPS) is 23.5. The molecule has 0 aromatic heterocycles. The van der Waals surface area contributed by atoms with Crippen molar-refractivity contribution in [1.82, 2.24) is 0 Å². The number of unbranched alkanes of at least 4 members (excludes halogenated alkanes) is 1. The first kappa shape index (κ1) is 12.5. The molecule has 0 aromatic rings. The highest BCUT2D eigenvalue weighted by Crippen LogP contribution is 2.26. The molecule has 5 heteroatoms. The Kier molecular flexibility index (Phi) is 3.43.